The minimum absolute atomic E-state index is 0.495. The van der Waals surface area contributed by atoms with E-state index in [1.54, 1.807) is 0 Å². The van der Waals surface area contributed by atoms with Gasteiger partial charge in [-0.15, -0.1) is 0 Å². The van der Waals surface area contributed by atoms with Gasteiger partial charge in [0.25, 0.3) is 0 Å². The van der Waals surface area contributed by atoms with Crippen molar-refractivity contribution in [3.8, 4) is 0 Å². The zero-order valence-corrected chi connectivity index (χ0v) is 17.9. The minimum atomic E-state index is 0.495. The highest BCUT2D eigenvalue weighted by Crippen LogP contribution is 2.19. The lowest BCUT2D eigenvalue weighted by Crippen LogP contribution is -2.12. The molecule has 1 aromatic heterocycles. The molecule has 0 aliphatic heterocycles. The summed E-state index contributed by atoms with van der Waals surface area (Å²) in [7, 11) is 8.12. The van der Waals surface area contributed by atoms with Gasteiger partial charge in [-0.1, -0.05) is 24.3 Å². The lowest BCUT2D eigenvalue weighted by molar-refractivity contribution is 1.03. The van der Waals surface area contributed by atoms with Crippen LogP contribution < -0.4 is 15.2 Å². The topological polar surface area (TPSA) is 56.7 Å². The normalized spacial score (nSPS) is 10.4. The van der Waals surface area contributed by atoms with Gasteiger partial charge in [0.05, 0.1) is 5.71 Å². The molecule has 29 heavy (non-hydrogen) atoms. The molecule has 0 fully saturated rings. The zero-order valence-electron chi connectivity index (χ0n) is 17.9. The van der Waals surface area contributed by atoms with Crippen molar-refractivity contribution in [2.75, 3.05) is 43.4 Å². The van der Waals surface area contributed by atoms with Crippen LogP contribution in [0.3, 0.4) is 0 Å². The van der Waals surface area contributed by atoms with Crippen molar-refractivity contribution in [2.24, 2.45) is 5.10 Å². The van der Waals surface area contributed by atoms with E-state index in [4.69, 9.17) is 0 Å². The Kier molecular flexibility index (Phi) is 6.12. The number of hydrogen-bond acceptors (Lipinski definition) is 6. The Morgan fingerprint density at radius 2 is 1.14 bits per heavy atom. The van der Waals surface area contributed by atoms with Crippen LogP contribution in [0.4, 0.5) is 17.3 Å². The molecule has 0 spiro atoms. The van der Waals surface area contributed by atoms with Gasteiger partial charge in [0.1, 0.15) is 0 Å². The monoisotopic (exact) mass is 388 g/mol. The number of nitrogens with one attached hydrogen (secondary N) is 1. The molecule has 6 heteroatoms. The quantitative estimate of drug-likeness (QED) is 0.509. The minimum Gasteiger partial charge on any atom is -0.378 e. The number of nitrogens with zero attached hydrogens (tertiary/aromatic N) is 5. The van der Waals surface area contributed by atoms with Crippen LogP contribution in [-0.4, -0.2) is 43.9 Å². The fourth-order valence-electron chi connectivity index (χ4n) is 3.01. The van der Waals surface area contributed by atoms with Gasteiger partial charge in [0.15, 0.2) is 0 Å². The van der Waals surface area contributed by atoms with E-state index >= 15 is 0 Å². The fraction of sp³-hybridized carbons (Fsp3) is 0.261. The molecular weight excluding hydrogens is 360 g/mol. The average molecular weight is 389 g/mol. The Balaban J connectivity index is 2.00. The molecule has 0 bridgehead atoms. The summed E-state index contributed by atoms with van der Waals surface area (Å²) in [4.78, 5) is 13.0. The van der Waals surface area contributed by atoms with Crippen molar-refractivity contribution in [1.82, 2.24) is 9.97 Å². The van der Waals surface area contributed by atoms with Crippen LogP contribution in [0.1, 0.15) is 22.5 Å². The van der Waals surface area contributed by atoms with Crippen molar-refractivity contribution >= 4 is 23.0 Å². The third-order valence-corrected chi connectivity index (χ3v) is 4.56. The SMILES string of the molecule is Cc1cc(C)nc(NN=C(c2ccc(N(C)C)cc2)c2ccc(N(C)C)cc2)n1. The predicted octanol–water partition coefficient (Wildman–Crippen LogP) is 4.09. The third-order valence-electron chi connectivity index (χ3n) is 4.56. The Labute approximate surface area is 172 Å². The summed E-state index contributed by atoms with van der Waals surface area (Å²) in [6.45, 7) is 3.90. The van der Waals surface area contributed by atoms with Crippen molar-refractivity contribution in [2.45, 2.75) is 13.8 Å². The van der Waals surface area contributed by atoms with E-state index in [2.05, 4.69) is 78.8 Å². The van der Waals surface area contributed by atoms with E-state index in [9.17, 15) is 0 Å². The molecule has 1 heterocycles. The molecule has 3 aromatic rings. The second kappa shape index (κ2) is 8.73. The second-order valence-corrected chi connectivity index (χ2v) is 7.43. The summed E-state index contributed by atoms with van der Waals surface area (Å²) in [6.07, 6.45) is 0. The van der Waals surface area contributed by atoms with E-state index in [0.717, 1.165) is 39.6 Å². The molecule has 0 amide bonds. The molecule has 2 aromatic carbocycles. The Hall–Kier alpha value is -3.41. The Morgan fingerprint density at radius 3 is 1.52 bits per heavy atom. The number of aryl methyl sites for hydroxylation is 2. The number of aromatic nitrogens is 2. The first-order valence-electron chi connectivity index (χ1n) is 9.55. The maximum Gasteiger partial charge on any atom is 0.243 e. The van der Waals surface area contributed by atoms with Crippen LogP contribution >= 0.6 is 0 Å². The molecular formula is C23H28N6. The van der Waals surface area contributed by atoms with Gasteiger partial charge in [-0.2, -0.15) is 5.10 Å². The van der Waals surface area contributed by atoms with E-state index < -0.39 is 0 Å². The van der Waals surface area contributed by atoms with Gasteiger partial charge in [-0.3, -0.25) is 0 Å². The summed E-state index contributed by atoms with van der Waals surface area (Å²) in [5, 5.41) is 4.68. The van der Waals surface area contributed by atoms with Crippen LogP contribution in [0.2, 0.25) is 0 Å². The van der Waals surface area contributed by atoms with Crippen molar-refractivity contribution < 1.29 is 0 Å². The first-order valence-corrected chi connectivity index (χ1v) is 9.55. The van der Waals surface area contributed by atoms with Crippen LogP contribution in [-0.2, 0) is 0 Å². The lowest BCUT2D eigenvalue weighted by atomic mass is 10.0. The van der Waals surface area contributed by atoms with Crippen LogP contribution in [0.25, 0.3) is 0 Å². The summed E-state index contributed by atoms with van der Waals surface area (Å²) in [6, 6.07) is 18.6. The molecule has 150 valence electrons. The van der Waals surface area contributed by atoms with Crippen LogP contribution in [0.15, 0.2) is 59.7 Å². The van der Waals surface area contributed by atoms with Crippen LogP contribution in [0, 0.1) is 13.8 Å². The molecule has 0 radical (unpaired) electrons. The highest BCUT2D eigenvalue weighted by Gasteiger charge is 2.10. The molecule has 0 unspecified atom stereocenters. The molecule has 0 saturated heterocycles. The molecule has 0 atom stereocenters. The van der Waals surface area contributed by atoms with Crippen molar-refractivity contribution in [1.29, 1.82) is 0 Å². The number of rotatable bonds is 6. The first-order chi connectivity index (χ1) is 13.8. The van der Waals surface area contributed by atoms with Gasteiger partial charge in [0.2, 0.25) is 5.95 Å². The predicted molar refractivity (Wildman–Crippen MR) is 122 cm³/mol. The van der Waals surface area contributed by atoms with E-state index in [0.29, 0.717) is 5.95 Å². The van der Waals surface area contributed by atoms with E-state index in [-0.39, 0.29) is 0 Å². The zero-order chi connectivity index (χ0) is 21.0. The maximum absolute atomic E-state index is 4.68. The van der Waals surface area contributed by atoms with Gasteiger partial charge >= 0.3 is 0 Å². The Bertz CT molecular complexity index is 915. The van der Waals surface area contributed by atoms with Crippen LogP contribution in [0.5, 0.6) is 0 Å². The first kappa shape index (κ1) is 20.3. The molecule has 0 aliphatic rings. The van der Waals surface area contributed by atoms with E-state index in [1.807, 2.05) is 48.1 Å². The van der Waals surface area contributed by atoms with Crippen molar-refractivity contribution in [3.63, 3.8) is 0 Å². The number of benzene rings is 2. The summed E-state index contributed by atoms with van der Waals surface area (Å²) in [5.41, 5.74) is 10.0. The summed E-state index contributed by atoms with van der Waals surface area (Å²) >= 11 is 0. The van der Waals surface area contributed by atoms with E-state index in [1.165, 1.54) is 0 Å². The number of anilines is 3. The van der Waals surface area contributed by atoms with Crippen molar-refractivity contribution in [3.05, 3.63) is 77.1 Å². The van der Waals surface area contributed by atoms with Gasteiger partial charge in [0, 0.05) is 62.1 Å². The fourth-order valence-corrected chi connectivity index (χ4v) is 3.01. The molecule has 0 saturated carbocycles. The smallest absolute Gasteiger partial charge is 0.243 e. The molecule has 0 aliphatic carbocycles. The molecule has 3 rings (SSSR count). The average Bonchev–Trinajstić information content (AvgIpc) is 2.68. The van der Waals surface area contributed by atoms with Gasteiger partial charge < -0.3 is 9.80 Å². The molecule has 1 N–H and O–H groups in total. The standard InChI is InChI=1S/C23H28N6/c1-16-15-17(2)25-23(24-16)27-26-22(18-7-11-20(12-8-18)28(3)4)19-9-13-21(14-10-19)29(5)6/h7-15H,1-6H3,(H,24,25,27). The molecule has 6 nitrogen and oxygen atoms in total. The number of hydrazone groups is 1. The summed E-state index contributed by atoms with van der Waals surface area (Å²) in [5.74, 6) is 0.495. The second-order valence-electron chi connectivity index (χ2n) is 7.43. The largest absolute Gasteiger partial charge is 0.378 e. The Morgan fingerprint density at radius 1 is 0.724 bits per heavy atom. The highest BCUT2D eigenvalue weighted by molar-refractivity contribution is 6.13. The maximum atomic E-state index is 4.68. The lowest BCUT2D eigenvalue weighted by Gasteiger charge is -2.15. The van der Waals surface area contributed by atoms with Gasteiger partial charge in [-0.05, 0) is 44.2 Å². The highest BCUT2D eigenvalue weighted by atomic mass is 15.4. The number of hydrogen-bond donors (Lipinski definition) is 1. The third kappa shape index (κ3) is 5.10. The van der Waals surface area contributed by atoms with Gasteiger partial charge in [-0.25, -0.2) is 15.4 Å². The summed E-state index contributed by atoms with van der Waals surface area (Å²) < 4.78 is 0.